The first kappa shape index (κ1) is 20.8. The van der Waals surface area contributed by atoms with Gasteiger partial charge in [-0.15, -0.1) is 0 Å². The van der Waals surface area contributed by atoms with Crippen molar-refractivity contribution in [3.05, 3.63) is 77.2 Å². The summed E-state index contributed by atoms with van der Waals surface area (Å²) < 4.78 is 6.10. The lowest BCUT2D eigenvalue weighted by atomic mass is 10.1. The predicted octanol–water partition coefficient (Wildman–Crippen LogP) is 4.29. The number of oxazole rings is 1. The van der Waals surface area contributed by atoms with Gasteiger partial charge in [-0.05, 0) is 56.8 Å². The second-order valence-corrected chi connectivity index (χ2v) is 8.21. The largest absolute Gasteiger partial charge is 0.440 e. The van der Waals surface area contributed by atoms with E-state index < -0.39 is 0 Å². The number of carbonyl (C=O) groups excluding carboxylic acids is 1. The number of carbonyl (C=O) groups is 1. The van der Waals surface area contributed by atoms with Crippen molar-refractivity contribution in [2.24, 2.45) is 0 Å². The molecule has 1 saturated carbocycles. The molecular formula is C25H26N4O2. The van der Waals surface area contributed by atoms with Gasteiger partial charge in [0.15, 0.2) is 5.69 Å². The van der Waals surface area contributed by atoms with E-state index in [9.17, 15) is 10.1 Å². The van der Waals surface area contributed by atoms with Gasteiger partial charge in [0.05, 0.1) is 11.6 Å². The molecule has 4 rings (SSSR count). The predicted molar refractivity (Wildman–Crippen MR) is 118 cm³/mol. The number of hydrogen-bond donors (Lipinski definition) is 0. The number of nitriles is 1. The molecule has 2 aromatic carbocycles. The third-order valence-electron chi connectivity index (χ3n) is 5.36. The van der Waals surface area contributed by atoms with Crippen LogP contribution in [-0.4, -0.2) is 47.9 Å². The van der Waals surface area contributed by atoms with E-state index in [1.54, 1.807) is 11.0 Å². The van der Waals surface area contributed by atoms with Crippen LogP contribution in [0.4, 0.5) is 0 Å². The summed E-state index contributed by atoms with van der Waals surface area (Å²) in [6.45, 7) is 1.70. The first-order chi connectivity index (χ1) is 15.0. The zero-order chi connectivity index (χ0) is 21.8. The SMILES string of the molecule is CN(C)CCN(Cc1cccc(C#N)c1)C(=O)c1nc(-c2ccccc2)oc1C1CC1. The summed E-state index contributed by atoms with van der Waals surface area (Å²) in [5.74, 6) is 1.33. The Kier molecular flexibility index (Phi) is 6.15. The van der Waals surface area contributed by atoms with Crippen LogP contribution in [0.1, 0.15) is 46.1 Å². The molecule has 1 aliphatic rings. The van der Waals surface area contributed by atoms with Crippen molar-refractivity contribution in [3.8, 4) is 17.5 Å². The molecule has 1 amide bonds. The van der Waals surface area contributed by atoms with Crippen LogP contribution in [0.25, 0.3) is 11.5 Å². The van der Waals surface area contributed by atoms with Crippen molar-refractivity contribution in [3.63, 3.8) is 0 Å². The Balaban J connectivity index is 1.65. The molecule has 1 fully saturated rings. The quantitative estimate of drug-likeness (QED) is 0.550. The Morgan fingerprint density at radius 3 is 2.58 bits per heavy atom. The highest BCUT2D eigenvalue weighted by Gasteiger charge is 2.35. The van der Waals surface area contributed by atoms with Crippen molar-refractivity contribution in [2.75, 3.05) is 27.2 Å². The molecular weight excluding hydrogens is 388 g/mol. The van der Waals surface area contributed by atoms with E-state index in [0.717, 1.165) is 30.5 Å². The Morgan fingerprint density at radius 1 is 1.13 bits per heavy atom. The lowest BCUT2D eigenvalue weighted by Crippen LogP contribution is -2.36. The van der Waals surface area contributed by atoms with Crippen LogP contribution in [0.3, 0.4) is 0 Å². The number of nitrogens with zero attached hydrogens (tertiary/aromatic N) is 4. The average Bonchev–Trinajstić information content (AvgIpc) is 3.54. The van der Waals surface area contributed by atoms with Gasteiger partial charge in [0.2, 0.25) is 5.89 Å². The molecule has 6 heteroatoms. The molecule has 0 unspecified atom stereocenters. The van der Waals surface area contributed by atoms with E-state index in [0.29, 0.717) is 36.0 Å². The third kappa shape index (κ3) is 5.01. The third-order valence-corrected chi connectivity index (χ3v) is 5.36. The summed E-state index contributed by atoms with van der Waals surface area (Å²) in [7, 11) is 3.97. The van der Waals surface area contributed by atoms with Crippen LogP contribution < -0.4 is 0 Å². The van der Waals surface area contributed by atoms with Gasteiger partial charge in [0.25, 0.3) is 5.91 Å². The van der Waals surface area contributed by atoms with Gasteiger partial charge in [-0.3, -0.25) is 4.79 Å². The minimum atomic E-state index is -0.128. The van der Waals surface area contributed by atoms with E-state index in [1.807, 2.05) is 67.5 Å². The lowest BCUT2D eigenvalue weighted by molar-refractivity contribution is 0.0724. The van der Waals surface area contributed by atoms with Crippen molar-refractivity contribution in [1.29, 1.82) is 5.26 Å². The fourth-order valence-corrected chi connectivity index (χ4v) is 3.49. The van der Waals surface area contributed by atoms with Gasteiger partial charge >= 0.3 is 0 Å². The molecule has 0 N–H and O–H groups in total. The van der Waals surface area contributed by atoms with E-state index in [4.69, 9.17) is 4.42 Å². The van der Waals surface area contributed by atoms with Gasteiger partial charge in [-0.1, -0.05) is 30.3 Å². The molecule has 0 radical (unpaired) electrons. The summed E-state index contributed by atoms with van der Waals surface area (Å²) in [5, 5.41) is 9.22. The number of rotatable bonds is 8. The highest BCUT2D eigenvalue weighted by molar-refractivity contribution is 5.94. The molecule has 1 aromatic heterocycles. The first-order valence-corrected chi connectivity index (χ1v) is 10.5. The van der Waals surface area contributed by atoms with Gasteiger partial charge in [0.1, 0.15) is 5.76 Å². The molecule has 0 spiro atoms. The minimum Gasteiger partial charge on any atom is -0.440 e. The second-order valence-electron chi connectivity index (χ2n) is 8.21. The molecule has 158 valence electrons. The topological polar surface area (TPSA) is 73.4 Å². The number of likely N-dealkylation sites (N-methyl/N-ethyl adjacent to an activating group) is 1. The first-order valence-electron chi connectivity index (χ1n) is 10.5. The minimum absolute atomic E-state index is 0.128. The van der Waals surface area contributed by atoms with Gasteiger partial charge in [-0.25, -0.2) is 4.98 Å². The normalized spacial score (nSPS) is 13.2. The van der Waals surface area contributed by atoms with Gasteiger partial charge in [0, 0.05) is 31.1 Å². The van der Waals surface area contributed by atoms with Crippen LogP contribution >= 0.6 is 0 Å². The summed E-state index contributed by atoms with van der Waals surface area (Å²) >= 11 is 0. The van der Waals surface area contributed by atoms with Crippen LogP contribution in [0, 0.1) is 11.3 Å². The molecule has 3 aromatic rings. The molecule has 1 aliphatic carbocycles. The van der Waals surface area contributed by atoms with Crippen molar-refractivity contribution in [1.82, 2.24) is 14.8 Å². The highest BCUT2D eigenvalue weighted by Crippen LogP contribution is 2.43. The number of amides is 1. The Bertz CT molecular complexity index is 1090. The average molecular weight is 415 g/mol. The monoisotopic (exact) mass is 414 g/mol. The maximum Gasteiger partial charge on any atom is 0.276 e. The fraction of sp³-hybridized carbons (Fsp3) is 0.320. The van der Waals surface area contributed by atoms with Gasteiger partial charge < -0.3 is 14.2 Å². The Labute approximate surface area is 182 Å². The zero-order valence-electron chi connectivity index (χ0n) is 17.9. The second kappa shape index (κ2) is 9.15. The molecule has 0 bridgehead atoms. The van der Waals surface area contributed by atoms with E-state index in [1.165, 1.54) is 0 Å². The van der Waals surface area contributed by atoms with Crippen LogP contribution in [0.5, 0.6) is 0 Å². The summed E-state index contributed by atoms with van der Waals surface area (Å²) in [4.78, 5) is 22.1. The Morgan fingerprint density at radius 2 is 1.90 bits per heavy atom. The molecule has 0 aliphatic heterocycles. The van der Waals surface area contributed by atoms with Crippen LogP contribution in [0.15, 0.2) is 59.0 Å². The number of hydrogen-bond acceptors (Lipinski definition) is 5. The van der Waals surface area contributed by atoms with Crippen LogP contribution in [-0.2, 0) is 6.54 Å². The van der Waals surface area contributed by atoms with E-state index in [2.05, 4.69) is 11.1 Å². The molecule has 0 atom stereocenters. The summed E-state index contributed by atoms with van der Waals surface area (Å²) in [6.07, 6.45) is 2.04. The maximum atomic E-state index is 13.6. The van der Waals surface area contributed by atoms with Crippen LogP contribution in [0.2, 0.25) is 0 Å². The summed E-state index contributed by atoms with van der Waals surface area (Å²) in [5.41, 5.74) is 2.79. The van der Waals surface area contributed by atoms with E-state index >= 15 is 0 Å². The van der Waals surface area contributed by atoms with E-state index in [-0.39, 0.29) is 11.8 Å². The number of benzene rings is 2. The summed E-state index contributed by atoms with van der Waals surface area (Å²) in [6, 6.07) is 19.2. The van der Waals surface area contributed by atoms with Gasteiger partial charge in [-0.2, -0.15) is 5.26 Å². The number of aromatic nitrogens is 1. The van der Waals surface area contributed by atoms with Crippen molar-refractivity contribution >= 4 is 5.91 Å². The molecule has 6 nitrogen and oxygen atoms in total. The lowest BCUT2D eigenvalue weighted by Gasteiger charge is -2.24. The molecule has 1 heterocycles. The fourth-order valence-electron chi connectivity index (χ4n) is 3.49. The molecule has 0 saturated heterocycles. The zero-order valence-corrected chi connectivity index (χ0v) is 17.9. The van der Waals surface area contributed by atoms with Crippen molar-refractivity contribution in [2.45, 2.75) is 25.3 Å². The maximum absolute atomic E-state index is 13.6. The Hall–Kier alpha value is -3.43. The highest BCUT2D eigenvalue weighted by atomic mass is 16.4. The standard InChI is InChI=1S/C25H26N4O2/c1-28(2)13-14-29(17-19-8-6-7-18(15-19)16-26)25(30)22-23(20-11-12-20)31-24(27-22)21-9-4-3-5-10-21/h3-10,15,20H,11-14,17H2,1-2H3. The van der Waals surface area contributed by atoms with Crippen molar-refractivity contribution < 1.29 is 9.21 Å². The molecule has 31 heavy (non-hydrogen) atoms. The smallest absolute Gasteiger partial charge is 0.276 e.